The van der Waals surface area contributed by atoms with E-state index in [9.17, 15) is 86.2 Å². The number of rotatable bonds is 14. The second-order valence-corrected chi connectivity index (χ2v) is 13.3. The van der Waals surface area contributed by atoms with Crippen LogP contribution in [0.2, 0.25) is 0 Å². The van der Waals surface area contributed by atoms with Crippen molar-refractivity contribution in [3.8, 4) is 0 Å². The standard InChI is InChI=1S/C29H49NO24/c1-7(35)30-13-8(36)2-29(28(46)47,53-23(13)14(38)9(37)3-31)54-24-15(39)10(4-32)49-27(20(24)44)52-22-12(6-34)50-26(19(43)17(22)41)51-21-11(5-33)48-25(45)18(42)16(21)40/h8-27,31-34,36-45H,2-6H2,1H3,(H,30,35)(H,46,47)/t8-,9+,10+,11+,12+,13+,14+,15-,16+,17+,18+,19+,20+,21+,22-,23+,24-,25+,26-,27+,29-/m0/s1. The number of hydrogen-bond acceptors (Lipinski definition) is 23. The van der Waals surface area contributed by atoms with Gasteiger partial charge < -0.3 is 115 Å². The van der Waals surface area contributed by atoms with Gasteiger partial charge in [-0.15, -0.1) is 0 Å². The van der Waals surface area contributed by atoms with Gasteiger partial charge >= 0.3 is 5.97 Å². The third-order valence-electron chi connectivity index (χ3n) is 9.58. The van der Waals surface area contributed by atoms with E-state index in [2.05, 4.69) is 5.32 Å². The van der Waals surface area contributed by atoms with Gasteiger partial charge in [0.1, 0.15) is 91.6 Å². The molecular weight excluding hydrogens is 746 g/mol. The number of aliphatic hydroxyl groups excluding tert-OH is 14. The smallest absolute Gasteiger partial charge is 0.364 e. The fourth-order valence-electron chi connectivity index (χ4n) is 6.65. The Labute approximate surface area is 305 Å². The number of ether oxygens (including phenoxy) is 7. The summed E-state index contributed by atoms with van der Waals surface area (Å²) in [4.78, 5) is 24.6. The molecule has 0 aliphatic carbocycles. The molecule has 4 rings (SSSR count). The van der Waals surface area contributed by atoms with Gasteiger partial charge in [-0.05, 0) is 0 Å². The van der Waals surface area contributed by atoms with Crippen molar-refractivity contribution in [1.82, 2.24) is 5.32 Å². The maximum atomic E-state index is 12.7. The molecule has 4 aliphatic heterocycles. The predicted octanol–water partition coefficient (Wildman–Crippen LogP) is -10.4. The zero-order valence-corrected chi connectivity index (χ0v) is 28.5. The lowest BCUT2D eigenvalue weighted by atomic mass is 9.88. The molecule has 0 aromatic heterocycles. The molecule has 4 fully saturated rings. The van der Waals surface area contributed by atoms with Crippen LogP contribution in [0.15, 0.2) is 0 Å². The Morgan fingerprint density at radius 3 is 1.76 bits per heavy atom. The summed E-state index contributed by atoms with van der Waals surface area (Å²) in [7, 11) is 0. The van der Waals surface area contributed by atoms with Crippen LogP contribution in [0, 0.1) is 0 Å². The van der Waals surface area contributed by atoms with E-state index in [4.69, 9.17) is 33.2 Å². The number of carbonyl (C=O) groups excluding carboxylic acids is 1. The second-order valence-electron chi connectivity index (χ2n) is 13.3. The maximum absolute atomic E-state index is 12.7. The molecule has 0 radical (unpaired) electrons. The lowest BCUT2D eigenvalue weighted by molar-refractivity contribution is -0.392. The summed E-state index contributed by atoms with van der Waals surface area (Å²) < 4.78 is 38.2. The molecule has 0 aromatic carbocycles. The quantitative estimate of drug-likeness (QED) is 0.0776. The van der Waals surface area contributed by atoms with Crippen LogP contribution in [-0.2, 0) is 42.7 Å². The number of nitrogens with one attached hydrogen (secondary N) is 1. The summed E-state index contributed by atoms with van der Waals surface area (Å²) in [5.74, 6) is -5.91. The number of hydrogen-bond donors (Lipinski definition) is 16. The molecule has 0 unspecified atom stereocenters. The molecule has 0 spiro atoms. The molecule has 25 nitrogen and oxygen atoms in total. The molecule has 0 saturated carbocycles. The highest BCUT2D eigenvalue weighted by Crippen LogP contribution is 2.38. The van der Waals surface area contributed by atoms with Crippen molar-refractivity contribution in [2.24, 2.45) is 0 Å². The van der Waals surface area contributed by atoms with Crippen molar-refractivity contribution in [3.63, 3.8) is 0 Å². The molecule has 4 saturated heterocycles. The zero-order chi connectivity index (χ0) is 40.4. The molecule has 314 valence electrons. The Bertz CT molecular complexity index is 1230. The first-order valence-electron chi connectivity index (χ1n) is 16.7. The fraction of sp³-hybridized carbons (Fsp3) is 0.931. The van der Waals surface area contributed by atoms with Crippen LogP contribution in [0.4, 0.5) is 0 Å². The molecule has 1 amide bonds. The van der Waals surface area contributed by atoms with E-state index < -0.39 is 173 Å². The topological polar surface area (TPSA) is 414 Å². The minimum Gasteiger partial charge on any atom is -0.477 e. The summed E-state index contributed by atoms with van der Waals surface area (Å²) in [5.41, 5.74) is 0. The fourth-order valence-corrected chi connectivity index (χ4v) is 6.65. The highest BCUT2D eigenvalue weighted by molar-refractivity contribution is 5.76. The molecule has 0 bridgehead atoms. The maximum Gasteiger partial charge on any atom is 0.364 e. The Balaban J connectivity index is 1.57. The predicted molar refractivity (Wildman–Crippen MR) is 163 cm³/mol. The van der Waals surface area contributed by atoms with E-state index in [1.54, 1.807) is 0 Å². The lowest BCUT2D eigenvalue weighted by Crippen LogP contribution is -2.71. The number of carboxylic acid groups (broad SMARTS) is 1. The second kappa shape index (κ2) is 18.6. The van der Waals surface area contributed by atoms with Crippen LogP contribution >= 0.6 is 0 Å². The van der Waals surface area contributed by atoms with Crippen molar-refractivity contribution in [2.45, 2.75) is 142 Å². The monoisotopic (exact) mass is 795 g/mol. The summed E-state index contributed by atoms with van der Waals surface area (Å²) in [6.07, 6.45) is -38.3. The minimum absolute atomic E-state index is 0.783. The van der Waals surface area contributed by atoms with E-state index in [0.29, 0.717) is 0 Å². The first-order chi connectivity index (χ1) is 25.4. The minimum atomic E-state index is -3.10. The van der Waals surface area contributed by atoms with Crippen molar-refractivity contribution in [3.05, 3.63) is 0 Å². The van der Waals surface area contributed by atoms with E-state index in [0.717, 1.165) is 6.92 Å². The van der Waals surface area contributed by atoms with Gasteiger partial charge in [0, 0.05) is 13.3 Å². The van der Waals surface area contributed by atoms with Crippen LogP contribution in [0.5, 0.6) is 0 Å². The van der Waals surface area contributed by atoms with Gasteiger partial charge in [0.25, 0.3) is 5.79 Å². The van der Waals surface area contributed by atoms with Crippen molar-refractivity contribution < 1.29 is 119 Å². The van der Waals surface area contributed by atoms with Crippen molar-refractivity contribution in [2.75, 3.05) is 26.4 Å². The van der Waals surface area contributed by atoms with Gasteiger partial charge in [-0.3, -0.25) is 4.79 Å². The summed E-state index contributed by atoms with van der Waals surface area (Å²) in [5, 5.41) is 158. The summed E-state index contributed by atoms with van der Waals surface area (Å²) in [6, 6.07) is -1.59. The normalized spacial score (nSPS) is 47.1. The van der Waals surface area contributed by atoms with Crippen LogP contribution in [0.25, 0.3) is 0 Å². The average Bonchev–Trinajstić information content (AvgIpc) is 3.13. The van der Waals surface area contributed by atoms with Crippen LogP contribution < -0.4 is 5.32 Å². The van der Waals surface area contributed by atoms with Crippen LogP contribution in [0.1, 0.15) is 13.3 Å². The largest absolute Gasteiger partial charge is 0.477 e. The molecule has 16 N–H and O–H groups in total. The third kappa shape index (κ3) is 9.12. The molecule has 4 heterocycles. The van der Waals surface area contributed by atoms with Gasteiger partial charge in [0.2, 0.25) is 5.91 Å². The van der Waals surface area contributed by atoms with E-state index in [1.165, 1.54) is 0 Å². The van der Waals surface area contributed by atoms with Crippen LogP contribution in [0.3, 0.4) is 0 Å². The summed E-state index contributed by atoms with van der Waals surface area (Å²) in [6.45, 7) is -2.99. The van der Waals surface area contributed by atoms with Crippen molar-refractivity contribution >= 4 is 11.9 Å². The number of carbonyl (C=O) groups is 2. The third-order valence-corrected chi connectivity index (χ3v) is 9.58. The first kappa shape index (κ1) is 44.8. The molecule has 25 heteroatoms. The van der Waals surface area contributed by atoms with Gasteiger partial charge in [0.05, 0.1) is 38.6 Å². The molecule has 21 atom stereocenters. The van der Waals surface area contributed by atoms with Crippen molar-refractivity contribution in [1.29, 1.82) is 0 Å². The molecule has 0 aromatic rings. The van der Waals surface area contributed by atoms with Gasteiger partial charge in [-0.1, -0.05) is 0 Å². The number of carboxylic acids is 1. The van der Waals surface area contributed by atoms with E-state index >= 15 is 0 Å². The molecule has 54 heavy (non-hydrogen) atoms. The Morgan fingerprint density at radius 1 is 0.722 bits per heavy atom. The molecule has 4 aliphatic rings. The Kier molecular flexibility index (Phi) is 15.4. The molecular formula is C29H49NO24. The van der Waals surface area contributed by atoms with Crippen LogP contribution in [-0.4, -0.2) is 243 Å². The highest BCUT2D eigenvalue weighted by Gasteiger charge is 2.60. The lowest BCUT2D eigenvalue weighted by Gasteiger charge is -2.51. The highest BCUT2D eigenvalue weighted by atomic mass is 16.8. The first-order valence-corrected chi connectivity index (χ1v) is 16.7. The number of amides is 1. The van der Waals surface area contributed by atoms with E-state index in [1.807, 2.05) is 0 Å². The van der Waals surface area contributed by atoms with Gasteiger partial charge in [-0.2, -0.15) is 0 Å². The Hall–Kier alpha value is -1.90. The van der Waals surface area contributed by atoms with Gasteiger partial charge in [-0.25, -0.2) is 4.79 Å². The average molecular weight is 796 g/mol. The SMILES string of the molecule is CC(=O)N[C@H]1[C@H]([C@H](O)[C@H](O)CO)O[C@@](O[C@H]2[C@@H](O)[C@@H](CO)O[C@H](O[C@@H]3[C@H](O)[C@@H](O)[C@H](O[C@H]4[C@H](O)[C@@H](O)[C@H](O)O[C@@H]4CO)O[C@@H]3CO)[C@@H]2O)(C(=O)O)C[C@@H]1O. The number of aliphatic carboxylic acids is 1. The Morgan fingerprint density at radius 2 is 1.24 bits per heavy atom. The van der Waals surface area contributed by atoms with Gasteiger partial charge in [0.15, 0.2) is 18.9 Å². The number of aliphatic hydroxyl groups is 14. The van der Waals surface area contributed by atoms with E-state index in [-0.39, 0.29) is 0 Å². The zero-order valence-electron chi connectivity index (χ0n) is 28.5. The summed E-state index contributed by atoms with van der Waals surface area (Å²) >= 11 is 0.